The molecule has 0 amide bonds. The van der Waals surface area contributed by atoms with Gasteiger partial charge in [0.15, 0.2) is 0 Å². The Bertz CT molecular complexity index is 1340. The maximum absolute atomic E-state index is 13.9. The van der Waals surface area contributed by atoms with Crippen LogP contribution in [0.3, 0.4) is 0 Å². The first-order chi connectivity index (χ1) is 18.2. The van der Waals surface area contributed by atoms with Crippen molar-refractivity contribution >= 4 is 38.9 Å². The molecule has 2 N–H and O–H groups in total. The van der Waals surface area contributed by atoms with Gasteiger partial charge in [0.05, 0.1) is 29.8 Å². The summed E-state index contributed by atoms with van der Waals surface area (Å²) in [5.74, 6) is -0.0219. The number of halogens is 4. The van der Waals surface area contributed by atoms with E-state index in [2.05, 4.69) is 20.3 Å². The molecule has 1 fully saturated rings. The molecule has 1 aliphatic rings. The van der Waals surface area contributed by atoms with Crippen molar-refractivity contribution < 1.29 is 26.7 Å². The van der Waals surface area contributed by atoms with E-state index in [-0.39, 0.29) is 35.8 Å². The van der Waals surface area contributed by atoms with Crippen LogP contribution < -0.4 is 5.32 Å². The number of aliphatic hydroxyl groups is 1. The zero-order valence-corrected chi connectivity index (χ0v) is 23.8. The summed E-state index contributed by atoms with van der Waals surface area (Å²) in [6, 6.07) is 4.91. The number of aliphatic hydroxyl groups excluding tert-OH is 1. The molecule has 0 radical (unpaired) electrons. The number of sulfonamides is 1. The lowest BCUT2D eigenvalue weighted by atomic mass is 9.95. The van der Waals surface area contributed by atoms with Crippen LogP contribution in [0.15, 0.2) is 35.6 Å². The number of hydrogen-bond acceptors (Lipinski definition) is 7. The molecule has 214 valence electrons. The van der Waals surface area contributed by atoms with Crippen LogP contribution in [0.1, 0.15) is 62.4 Å². The van der Waals surface area contributed by atoms with Crippen LogP contribution in [0.5, 0.6) is 0 Å². The minimum atomic E-state index is -4.68. The van der Waals surface area contributed by atoms with Crippen molar-refractivity contribution in [3.05, 3.63) is 58.0 Å². The number of piperidine rings is 1. The maximum atomic E-state index is 13.9. The smallest absolute Gasteiger partial charge is 0.392 e. The lowest BCUT2D eigenvalue weighted by Crippen LogP contribution is -2.42. The van der Waals surface area contributed by atoms with Crippen molar-refractivity contribution in [1.29, 1.82) is 0 Å². The number of aliphatic imine (C=N–C) groups is 1. The van der Waals surface area contributed by atoms with E-state index >= 15 is 0 Å². The lowest BCUT2D eigenvalue weighted by Gasteiger charge is -2.30. The molecule has 0 saturated carbocycles. The molecule has 1 aromatic heterocycles. The summed E-state index contributed by atoms with van der Waals surface area (Å²) < 4.78 is 66.5. The second-order valence-electron chi connectivity index (χ2n) is 9.64. The van der Waals surface area contributed by atoms with E-state index in [9.17, 15) is 26.7 Å². The van der Waals surface area contributed by atoms with Crippen LogP contribution in [-0.4, -0.2) is 58.9 Å². The monoisotopic (exact) mass is 587 g/mol. The predicted molar refractivity (Wildman–Crippen MR) is 147 cm³/mol. The molecule has 13 heteroatoms. The molecule has 1 unspecified atom stereocenters. The zero-order chi connectivity index (χ0) is 29.0. The number of nitrogens with one attached hydrogen (secondary N) is 1. The number of aromatic nitrogens is 2. The summed E-state index contributed by atoms with van der Waals surface area (Å²) in [6.07, 6.45) is 0.225. The average molecular weight is 588 g/mol. The van der Waals surface area contributed by atoms with Crippen LogP contribution in [0, 0.1) is 5.92 Å². The summed E-state index contributed by atoms with van der Waals surface area (Å²) in [5.41, 5.74) is 0.765. The quantitative estimate of drug-likeness (QED) is 0.382. The molecule has 8 nitrogen and oxygen atoms in total. The zero-order valence-electron chi connectivity index (χ0n) is 22.3. The molecule has 1 aromatic carbocycles. The van der Waals surface area contributed by atoms with Gasteiger partial charge >= 0.3 is 6.18 Å². The Morgan fingerprint density at radius 3 is 2.54 bits per heavy atom. The second kappa shape index (κ2) is 12.8. The van der Waals surface area contributed by atoms with Crippen molar-refractivity contribution in [1.82, 2.24) is 14.3 Å². The lowest BCUT2D eigenvalue weighted by molar-refractivity contribution is -0.138. The van der Waals surface area contributed by atoms with E-state index in [1.807, 2.05) is 13.8 Å². The standard InChI is InChI=1S/C26H33ClF3N5O3S/c1-5-16(2)23(20-7-6-18(15-36)12-22(20)27)31-13-17(3)24-21(26(28,29)30)14-32-25(34-24)33-19-8-10-35(11-9-19)39(4,37)38/h6-7,12-14,16,19,36H,5,8-11,15H2,1-4H3,(H,32,33,34)/b17-13+,31-23?. The molecule has 0 bridgehead atoms. The van der Waals surface area contributed by atoms with Gasteiger partial charge in [0.2, 0.25) is 16.0 Å². The number of anilines is 1. The molecule has 1 atom stereocenters. The van der Waals surface area contributed by atoms with Crippen LogP contribution in [-0.2, 0) is 22.8 Å². The molecule has 1 aliphatic heterocycles. The highest BCUT2D eigenvalue weighted by atomic mass is 35.5. The topological polar surface area (TPSA) is 108 Å². The summed E-state index contributed by atoms with van der Waals surface area (Å²) in [5, 5.41) is 12.8. The number of nitrogens with zero attached hydrogens (tertiary/aromatic N) is 4. The Morgan fingerprint density at radius 2 is 2.00 bits per heavy atom. The van der Waals surface area contributed by atoms with Crippen molar-refractivity contribution in [2.75, 3.05) is 24.7 Å². The van der Waals surface area contributed by atoms with E-state index in [0.717, 1.165) is 18.9 Å². The van der Waals surface area contributed by atoms with Gasteiger partial charge < -0.3 is 10.4 Å². The summed E-state index contributed by atoms with van der Waals surface area (Å²) in [4.78, 5) is 12.6. The Kier molecular flexibility index (Phi) is 10.1. The van der Waals surface area contributed by atoms with E-state index in [1.165, 1.54) is 17.4 Å². The maximum Gasteiger partial charge on any atom is 0.419 e. The van der Waals surface area contributed by atoms with Gasteiger partial charge in [-0.3, -0.25) is 4.99 Å². The fraction of sp³-hybridized carbons (Fsp3) is 0.500. The predicted octanol–water partition coefficient (Wildman–Crippen LogP) is 5.37. The highest BCUT2D eigenvalue weighted by molar-refractivity contribution is 7.88. The fourth-order valence-corrected chi connectivity index (χ4v) is 5.40. The molecular weight excluding hydrogens is 555 g/mol. The highest BCUT2D eigenvalue weighted by Crippen LogP contribution is 2.34. The molecule has 0 spiro atoms. The Balaban J connectivity index is 1.95. The van der Waals surface area contributed by atoms with Crippen molar-refractivity contribution in [3.63, 3.8) is 0 Å². The largest absolute Gasteiger partial charge is 0.419 e. The van der Waals surface area contributed by atoms with Crippen LogP contribution in [0.4, 0.5) is 19.1 Å². The normalized spacial score (nSPS) is 17.4. The highest BCUT2D eigenvalue weighted by Gasteiger charge is 2.36. The first-order valence-electron chi connectivity index (χ1n) is 12.5. The molecule has 2 heterocycles. The molecule has 0 aliphatic carbocycles. The number of alkyl halides is 3. The van der Waals surface area contributed by atoms with E-state index < -0.39 is 21.8 Å². The Labute approximate surface area is 232 Å². The number of rotatable bonds is 9. The minimum absolute atomic E-state index is 0.0253. The third-order valence-electron chi connectivity index (χ3n) is 6.69. The summed E-state index contributed by atoms with van der Waals surface area (Å²) >= 11 is 6.44. The second-order valence-corrected chi connectivity index (χ2v) is 12.0. The van der Waals surface area contributed by atoms with Gasteiger partial charge in [-0.1, -0.05) is 37.6 Å². The molecule has 39 heavy (non-hydrogen) atoms. The summed E-state index contributed by atoms with van der Waals surface area (Å²) in [7, 11) is -3.30. The van der Waals surface area contributed by atoms with Gasteiger partial charge in [-0.15, -0.1) is 0 Å². The third-order valence-corrected chi connectivity index (χ3v) is 8.31. The van der Waals surface area contributed by atoms with Gasteiger partial charge in [0.1, 0.15) is 0 Å². The SMILES string of the molecule is CCC(C)C(=N/C=C(\C)c1nc(NC2CCN(S(C)(=O)=O)CC2)ncc1C(F)(F)F)c1ccc(CO)cc1Cl. The number of hydrogen-bond donors (Lipinski definition) is 2. The number of benzene rings is 1. The average Bonchev–Trinajstić information content (AvgIpc) is 2.88. The van der Waals surface area contributed by atoms with Gasteiger partial charge in [-0.25, -0.2) is 22.7 Å². The van der Waals surface area contributed by atoms with Gasteiger partial charge in [0, 0.05) is 42.1 Å². The molecular formula is C26H33ClF3N5O3S. The van der Waals surface area contributed by atoms with Crippen molar-refractivity contribution in [2.24, 2.45) is 10.9 Å². The van der Waals surface area contributed by atoms with Crippen LogP contribution in [0.25, 0.3) is 5.57 Å². The van der Waals surface area contributed by atoms with E-state index in [4.69, 9.17) is 11.6 Å². The van der Waals surface area contributed by atoms with E-state index in [0.29, 0.717) is 47.8 Å². The fourth-order valence-electron chi connectivity index (χ4n) is 4.22. The van der Waals surface area contributed by atoms with E-state index in [1.54, 1.807) is 18.2 Å². The first-order valence-corrected chi connectivity index (χ1v) is 14.8. The molecule has 2 aromatic rings. The molecule has 3 rings (SSSR count). The Morgan fingerprint density at radius 1 is 1.33 bits per heavy atom. The Hall–Kier alpha value is -2.54. The molecule has 1 saturated heterocycles. The van der Waals surface area contributed by atoms with Crippen molar-refractivity contribution in [2.45, 2.75) is 58.9 Å². The number of allylic oxidation sites excluding steroid dienone is 1. The third kappa shape index (κ3) is 8.00. The van der Waals surface area contributed by atoms with Gasteiger partial charge in [0.25, 0.3) is 0 Å². The minimum Gasteiger partial charge on any atom is -0.392 e. The van der Waals surface area contributed by atoms with Crippen LogP contribution in [0.2, 0.25) is 5.02 Å². The summed E-state index contributed by atoms with van der Waals surface area (Å²) in [6.45, 7) is 5.85. The van der Waals surface area contributed by atoms with Gasteiger partial charge in [-0.2, -0.15) is 13.2 Å². The van der Waals surface area contributed by atoms with Gasteiger partial charge in [-0.05, 0) is 49.3 Å². The van der Waals surface area contributed by atoms with Crippen LogP contribution >= 0.6 is 11.6 Å². The first kappa shape index (κ1) is 31.0. The van der Waals surface area contributed by atoms with Crippen molar-refractivity contribution in [3.8, 4) is 0 Å².